The summed E-state index contributed by atoms with van der Waals surface area (Å²) in [5.74, 6) is 0. The van der Waals surface area contributed by atoms with E-state index in [1.807, 2.05) is 6.61 Å². The first-order valence-electron chi connectivity index (χ1n) is 2.46. The van der Waals surface area contributed by atoms with E-state index < -0.39 is 0 Å². The van der Waals surface area contributed by atoms with Crippen molar-refractivity contribution in [3.63, 3.8) is 0 Å². The summed E-state index contributed by atoms with van der Waals surface area (Å²) in [5, 5.41) is 0. The zero-order chi connectivity index (χ0) is 5.54. The molecule has 0 rings (SSSR count). The average Bonchev–Trinajstić information content (AvgIpc) is 1.69. The minimum atomic E-state index is 0.765. The van der Waals surface area contributed by atoms with Gasteiger partial charge in [0.25, 0.3) is 0 Å². The smallest absolute Gasteiger partial charge is 0.146 e. The Bertz CT molecular complexity index is 30.9. The first kappa shape index (κ1) is 7.14. The van der Waals surface area contributed by atoms with Crippen LogP contribution in [-0.2, 0) is 4.43 Å². The Balaban J connectivity index is 2.45. The molecule has 0 amide bonds. The van der Waals surface area contributed by atoms with Crippen LogP contribution in [0.3, 0.4) is 0 Å². The van der Waals surface area contributed by atoms with E-state index >= 15 is 0 Å². The molecule has 0 saturated carbocycles. The van der Waals surface area contributed by atoms with Gasteiger partial charge in [-0.3, -0.25) is 0 Å². The Labute approximate surface area is 47.6 Å². The third-order valence-electron chi connectivity index (χ3n) is 0.693. The van der Waals surface area contributed by atoms with Crippen LogP contribution in [0.15, 0.2) is 0 Å². The van der Waals surface area contributed by atoms with E-state index in [4.69, 9.17) is 10.2 Å². The lowest BCUT2D eigenvalue weighted by Gasteiger charge is -1.92. The molecule has 0 aliphatic carbocycles. The normalized spacial score (nSPS) is 9.86. The quantitative estimate of drug-likeness (QED) is 0.387. The molecule has 43 valence electrons. The number of hydrogen-bond acceptors (Lipinski definition) is 2. The molecule has 0 fully saturated rings. The average molecular weight is 118 g/mol. The molecule has 0 aliphatic heterocycles. The molecule has 0 atom stereocenters. The molecule has 2 N–H and O–H groups in total. The van der Waals surface area contributed by atoms with Crippen molar-refractivity contribution in [1.29, 1.82) is 0 Å². The van der Waals surface area contributed by atoms with E-state index in [1.54, 1.807) is 0 Å². The van der Waals surface area contributed by atoms with Crippen molar-refractivity contribution in [2.75, 3.05) is 6.54 Å². The number of hydrogen-bond donors (Lipinski definition) is 1. The highest BCUT2D eigenvalue weighted by Crippen LogP contribution is 1.88. The van der Waals surface area contributed by atoms with Crippen LogP contribution in [0.25, 0.3) is 0 Å². The van der Waals surface area contributed by atoms with Crippen molar-refractivity contribution >= 4 is 10.5 Å². The van der Waals surface area contributed by atoms with E-state index in [0.29, 0.717) is 0 Å². The van der Waals surface area contributed by atoms with Crippen LogP contribution in [0.1, 0.15) is 12.8 Å². The van der Waals surface area contributed by atoms with Gasteiger partial charge in [0.2, 0.25) is 0 Å². The van der Waals surface area contributed by atoms with Gasteiger partial charge in [0.15, 0.2) is 0 Å². The maximum atomic E-state index is 5.21. The highest BCUT2D eigenvalue weighted by atomic mass is 28.2. The molecule has 0 aliphatic rings. The second-order valence-electron chi connectivity index (χ2n) is 1.33. The molecule has 0 unspecified atom stereocenters. The van der Waals surface area contributed by atoms with Gasteiger partial charge in [-0.2, -0.15) is 0 Å². The van der Waals surface area contributed by atoms with Crippen LogP contribution >= 0.6 is 0 Å². The molecule has 7 heavy (non-hydrogen) atoms. The molecular formula is C4H12NOSi. The zero-order valence-corrected chi connectivity index (χ0v) is 6.68. The summed E-state index contributed by atoms with van der Waals surface area (Å²) in [4.78, 5) is 0. The van der Waals surface area contributed by atoms with E-state index in [0.717, 1.165) is 29.9 Å². The number of nitrogens with two attached hydrogens (primary N) is 1. The van der Waals surface area contributed by atoms with Crippen LogP contribution < -0.4 is 5.73 Å². The lowest BCUT2D eigenvalue weighted by molar-refractivity contribution is 0.425. The van der Waals surface area contributed by atoms with Gasteiger partial charge in [0.1, 0.15) is 10.5 Å². The summed E-state index contributed by atoms with van der Waals surface area (Å²) < 4.78 is 4.80. The largest absolute Gasteiger partial charge is 0.422 e. The maximum absolute atomic E-state index is 5.21. The van der Waals surface area contributed by atoms with Crippen molar-refractivity contribution in [3.8, 4) is 0 Å². The summed E-state index contributed by atoms with van der Waals surface area (Å²) in [6, 6.07) is 0. The first-order chi connectivity index (χ1) is 3.41. The molecule has 0 aromatic rings. The van der Waals surface area contributed by atoms with Crippen molar-refractivity contribution in [3.05, 3.63) is 6.61 Å². The summed E-state index contributed by atoms with van der Waals surface area (Å²) >= 11 is 0. The van der Waals surface area contributed by atoms with E-state index in [-0.39, 0.29) is 0 Å². The van der Waals surface area contributed by atoms with Crippen LogP contribution in [0.2, 0.25) is 0 Å². The van der Waals surface area contributed by atoms with Gasteiger partial charge in [0, 0.05) is 0 Å². The van der Waals surface area contributed by atoms with Crippen molar-refractivity contribution in [2.24, 2.45) is 5.73 Å². The van der Waals surface area contributed by atoms with Gasteiger partial charge in [-0.15, -0.1) is 0 Å². The maximum Gasteiger partial charge on any atom is 0.146 e. The molecule has 0 saturated heterocycles. The second-order valence-corrected chi connectivity index (χ2v) is 1.80. The third kappa shape index (κ3) is 6.14. The van der Waals surface area contributed by atoms with Gasteiger partial charge in [-0.1, -0.05) is 0 Å². The fourth-order valence-electron chi connectivity index (χ4n) is 0.319. The van der Waals surface area contributed by atoms with Gasteiger partial charge in [0.05, 0.1) is 6.61 Å². The Morgan fingerprint density at radius 3 is 2.86 bits per heavy atom. The molecule has 0 heterocycles. The number of unbranched alkanes of at least 4 members (excludes halogenated alkanes) is 1. The molecule has 0 aromatic carbocycles. The molecule has 2 nitrogen and oxygen atoms in total. The molecule has 0 spiro atoms. The van der Waals surface area contributed by atoms with Crippen molar-refractivity contribution in [2.45, 2.75) is 12.8 Å². The fraction of sp³-hybridized carbons (Fsp3) is 0.750. The Morgan fingerprint density at radius 2 is 2.43 bits per heavy atom. The first-order valence-corrected chi connectivity index (χ1v) is 3.28. The molecular weight excluding hydrogens is 106 g/mol. The summed E-state index contributed by atoms with van der Waals surface area (Å²) in [6.07, 6.45) is 2.04. The van der Waals surface area contributed by atoms with E-state index in [9.17, 15) is 0 Å². The van der Waals surface area contributed by atoms with Gasteiger partial charge in [-0.05, 0) is 19.4 Å². The van der Waals surface area contributed by atoms with Crippen molar-refractivity contribution < 1.29 is 4.43 Å². The topological polar surface area (TPSA) is 35.2 Å². The van der Waals surface area contributed by atoms with Crippen LogP contribution in [0.4, 0.5) is 0 Å². The third-order valence-corrected chi connectivity index (χ3v) is 1.03. The summed E-state index contributed by atoms with van der Waals surface area (Å²) in [5.41, 5.74) is 5.21. The Hall–Kier alpha value is 0.137. The van der Waals surface area contributed by atoms with Gasteiger partial charge in [-0.25, -0.2) is 0 Å². The van der Waals surface area contributed by atoms with Gasteiger partial charge >= 0.3 is 0 Å². The fourth-order valence-corrected chi connectivity index (χ4v) is 0.555. The predicted octanol–water partition coefficient (Wildman–Crippen LogP) is -0.816. The Morgan fingerprint density at radius 1 is 1.71 bits per heavy atom. The Kier molecular flexibility index (Phi) is 6.26. The monoisotopic (exact) mass is 118 g/mol. The van der Waals surface area contributed by atoms with Gasteiger partial charge < -0.3 is 10.2 Å². The summed E-state index contributed by atoms with van der Waals surface area (Å²) in [7, 11) is 0.809. The molecule has 0 bridgehead atoms. The van der Waals surface area contributed by atoms with E-state index in [1.165, 1.54) is 0 Å². The predicted molar refractivity (Wildman–Crippen MR) is 33.6 cm³/mol. The molecule has 1 radical (unpaired) electrons. The van der Waals surface area contributed by atoms with Crippen LogP contribution in [0, 0.1) is 6.61 Å². The standard InChI is InChI=1S/C4H12NOSi/c5-3-1-2-4-6-7/h4H,1-3,5H2,7H3. The second kappa shape index (κ2) is 6.14. The highest BCUT2D eigenvalue weighted by Gasteiger charge is 1.80. The van der Waals surface area contributed by atoms with E-state index in [2.05, 4.69) is 0 Å². The zero-order valence-electron chi connectivity index (χ0n) is 4.68. The highest BCUT2D eigenvalue weighted by molar-refractivity contribution is 5.98. The lowest BCUT2D eigenvalue weighted by atomic mass is 10.3. The number of rotatable bonds is 4. The SMILES string of the molecule is NCCC[CH]O[SiH3]. The minimum Gasteiger partial charge on any atom is -0.422 e. The minimum absolute atomic E-state index is 0.765. The van der Waals surface area contributed by atoms with Crippen LogP contribution in [0.5, 0.6) is 0 Å². The molecule has 0 aromatic heterocycles. The van der Waals surface area contributed by atoms with Crippen LogP contribution in [-0.4, -0.2) is 17.0 Å². The lowest BCUT2D eigenvalue weighted by Crippen LogP contribution is -1.98. The molecule has 3 heteroatoms. The summed E-state index contributed by atoms with van der Waals surface area (Å²) in [6.45, 7) is 2.58. The van der Waals surface area contributed by atoms with Crippen molar-refractivity contribution in [1.82, 2.24) is 0 Å².